The van der Waals surface area contributed by atoms with Crippen LogP contribution in [-0.4, -0.2) is 50.7 Å². The summed E-state index contributed by atoms with van der Waals surface area (Å²) in [7, 11) is 6.21. The minimum Gasteiger partial charge on any atom is -0.550 e. The monoisotopic (exact) mass is 301 g/mol. The van der Waals surface area contributed by atoms with Crippen molar-refractivity contribution in [3.05, 3.63) is 0 Å². The SMILES string of the molecule is C[N+](C)(C)CCOC(=O)CCCCCCCCCC(=O)[O-]. The van der Waals surface area contributed by atoms with Crippen LogP contribution in [0.25, 0.3) is 0 Å². The number of likely N-dealkylation sites (N-methyl/N-ethyl adjacent to an activating group) is 1. The molecule has 124 valence electrons. The lowest BCUT2D eigenvalue weighted by Gasteiger charge is -2.23. The van der Waals surface area contributed by atoms with E-state index in [1.54, 1.807) is 0 Å². The van der Waals surface area contributed by atoms with E-state index in [4.69, 9.17) is 4.74 Å². The maximum atomic E-state index is 11.5. The van der Waals surface area contributed by atoms with Gasteiger partial charge in [0.2, 0.25) is 0 Å². The maximum Gasteiger partial charge on any atom is 0.305 e. The van der Waals surface area contributed by atoms with Crippen LogP contribution in [0.5, 0.6) is 0 Å². The topological polar surface area (TPSA) is 66.4 Å². The van der Waals surface area contributed by atoms with Gasteiger partial charge in [0.25, 0.3) is 0 Å². The third kappa shape index (κ3) is 16.8. The smallest absolute Gasteiger partial charge is 0.305 e. The number of aliphatic carboxylic acids is 1. The second-order valence-electron chi connectivity index (χ2n) is 6.58. The Morgan fingerprint density at radius 2 is 1.33 bits per heavy atom. The highest BCUT2D eigenvalue weighted by atomic mass is 16.5. The summed E-state index contributed by atoms with van der Waals surface area (Å²) in [6, 6.07) is 0. The molecule has 0 aliphatic rings. The van der Waals surface area contributed by atoms with Crippen LogP contribution in [0.2, 0.25) is 0 Å². The third-order valence-corrected chi connectivity index (χ3v) is 3.29. The first-order valence-electron chi connectivity index (χ1n) is 7.97. The molecule has 0 N–H and O–H groups in total. The average Bonchev–Trinajstić information content (AvgIpc) is 2.34. The van der Waals surface area contributed by atoms with E-state index in [9.17, 15) is 14.7 Å². The summed E-state index contributed by atoms with van der Waals surface area (Å²) in [6.07, 6.45) is 7.48. The van der Waals surface area contributed by atoms with Gasteiger partial charge in [-0.3, -0.25) is 4.79 Å². The van der Waals surface area contributed by atoms with Crippen molar-refractivity contribution < 1.29 is 23.9 Å². The summed E-state index contributed by atoms with van der Waals surface area (Å²) in [5, 5.41) is 10.2. The number of carbonyl (C=O) groups is 2. The summed E-state index contributed by atoms with van der Waals surface area (Å²) < 4.78 is 5.98. The van der Waals surface area contributed by atoms with E-state index < -0.39 is 5.97 Å². The summed E-state index contributed by atoms with van der Waals surface area (Å²) in [5.41, 5.74) is 0. The minimum absolute atomic E-state index is 0.0996. The predicted molar refractivity (Wildman–Crippen MR) is 80.4 cm³/mol. The molecule has 21 heavy (non-hydrogen) atoms. The lowest BCUT2D eigenvalue weighted by molar-refractivity contribution is -0.870. The maximum absolute atomic E-state index is 11.5. The van der Waals surface area contributed by atoms with Crippen LogP contribution in [0.1, 0.15) is 57.8 Å². The number of nitrogens with zero attached hydrogens (tertiary/aromatic N) is 1. The van der Waals surface area contributed by atoms with Gasteiger partial charge < -0.3 is 19.1 Å². The van der Waals surface area contributed by atoms with E-state index in [2.05, 4.69) is 21.1 Å². The average molecular weight is 301 g/mol. The van der Waals surface area contributed by atoms with Crippen LogP contribution in [0.4, 0.5) is 0 Å². The zero-order chi connectivity index (χ0) is 16.1. The Morgan fingerprint density at radius 1 is 0.857 bits per heavy atom. The lowest BCUT2D eigenvalue weighted by atomic mass is 10.1. The van der Waals surface area contributed by atoms with Crippen LogP contribution in [0.3, 0.4) is 0 Å². The van der Waals surface area contributed by atoms with Gasteiger partial charge in [-0.25, -0.2) is 0 Å². The summed E-state index contributed by atoms with van der Waals surface area (Å²) in [6.45, 7) is 1.32. The van der Waals surface area contributed by atoms with E-state index in [1.165, 1.54) is 0 Å². The molecule has 0 saturated heterocycles. The Labute approximate surface area is 128 Å². The first kappa shape index (κ1) is 19.9. The van der Waals surface area contributed by atoms with E-state index >= 15 is 0 Å². The molecule has 0 atom stereocenters. The van der Waals surface area contributed by atoms with Crippen LogP contribution in [0.15, 0.2) is 0 Å². The van der Waals surface area contributed by atoms with Crippen LogP contribution < -0.4 is 5.11 Å². The fourth-order valence-electron chi connectivity index (χ4n) is 1.93. The molecule has 5 nitrogen and oxygen atoms in total. The molecule has 0 aromatic heterocycles. The fraction of sp³-hybridized carbons (Fsp3) is 0.875. The van der Waals surface area contributed by atoms with E-state index in [-0.39, 0.29) is 12.4 Å². The van der Waals surface area contributed by atoms with Gasteiger partial charge in [-0.1, -0.05) is 32.1 Å². The molecule has 0 aliphatic heterocycles. The number of hydrogen-bond donors (Lipinski definition) is 0. The van der Waals surface area contributed by atoms with Crippen molar-refractivity contribution in [2.75, 3.05) is 34.3 Å². The number of unbranched alkanes of at least 4 members (excludes halogenated alkanes) is 6. The molecule has 0 aliphatic carbocycles. The van der Waals surface area contributed by atoms with Gasteiger partial charge in [-0.2, -0.15) is 0 Å². The summed E-state index contributed by atoms with van der Waals surface area (Å²) >= 11 is 0. The molecular formula is C16H31NO4. The van der Waals surface area contributed by atoms with Crippen molar-refractivity contribution >= 4 is 11.9 Å². The number of carboxylic acid groups (broad SMARTS) is 1. The predicted octanol–water partition coefficient (Wildman–Crippen LogP) is 1.50. The summed E-state index contributed by atoms with van der Waals surface area (Å²) in [4.78, 5) is 21.7. The minimum atomic E-state index is -0.959. The third-order valence-electron chi connectivity index (χ3n) is 3.29. The molecule has 0 amide bonds. The Morgan fingerprint density at radius 3 is 1.81 bits per heavy atom. The Bertz CT molecular complexity index is 297. The normalized spacial score (nSPS) is 11.4. The van der Waals surface area contributed by atoms with Crippen LogP contribution >= 0.6 is 0 Å². The highest BCUT2D eigenvalue weighted by Crippen LogP contribution is 2.10. The molecule has 0 radical (unpaired) electrons. The molecule has 0 unspecified atom stereocenters. The number of carbonyl (C=O) groups excluding carboxylic acids is 2. The van der Waals surface area contributed by atoms with Crippen molar-refractivity contribution in [3.8, 4) is 0 Å². The van der Waals surface area contributed by atoms with Gasteiger partial charge in [0.05, 0.1) is 21.1 Å². The molecule has 0 rings (SSSR count). The second kappa shape index (κ2) is 11.5. The lowest BCUT2D eigenvalue weighted by Crippen LogP contribution is -2.37. The van der Waals surface area contributed by atoms with Crippen molar-refractivity contribution in [2.45, 2.75) is 57.8 Å². The van der Waals surface area contributed by atoms with Crippen LogP contribution in [0, 0.1) is 0 Å². The number of quaternary nitrogens is 1. The van der Waals surface area contributed by atoms with E-state index in [1.807, 2.05) is 0 Å². The molecule has 0 fully saturated rings. The zero-order valence-corrected chi connectivity index (χ0v) is 13.9. The quantitative estimate of drug-likeness (QED) is 0.294. The van der Waals surface area contributed by atoms with E-state index in [0.29, 0.717) is 19.4 Å². The molecule has 0 saturated carbocycles. The first-order chi connectivity index (χ1) is 9.81. The molecule has 0 aromatic carbocycles. The molecule has 0 heterocycles. The fourth-order valence-corrected chi connectivity index (χ4v) is 1.93. The molecule has 5 heteroatoms. The van der Waals surface area contributed by atoms with Gasteiger partial charge in [0, 0.05) is 12.4 Å². The number of rotatable bonds is 13. The van der Waals surface area contributed by atoms with Crippen molar-refractivity contribution in [1.29, 1.82) is 0 Å². The van der Waals surface area contributed by atoms with E-state index in [0.717, 1.165) is 49.6 Å². The Hall–Kier alpha value is -1.10. The van der Waals surface area contributed by atoms with Crippen molar-refractivity contribution in [3.63, 3.8) is 0 Å². The van der Waals surface area contributed by atoms with Crippen molar-refractivity contribution in [2.24, 2.45) is 0 Å². The summed E-state index contributed by atoms with van der Waals surface area (Å²) in [5.74, 6) is -1.06. The highest BCUT2D eigenvalue weighted by Gasteiger charge is 2.09. The number of ether oxygens (including phenoxy) is 1. The number of hydrogen-bond acceptors (Lipinski definition) is 4. The Kier molecular flexibility index (Phi) is 10.9. The first-order valence-corrected chi connectivity index (χ1v) is 7.97. The molecule has 0 aromatic rings. The number of esters is 1. The van der Waals surface area contributed by atoms with Gasteiger partial charge in [0.1, 0.15) is 13.2 Å². The largest absolute Gasteiger partial charge is 0.550 e. The van der Waals surface area contributed by atoms with Gasteiger partial charge in [-0.05, 0) is 19.3 Å². The van der Waals surface area contributed by atoms with Gasteiger partial charge in [0.15, 0.2) is 0 Å². The second-order valence-corrected chi connectivity index (χ2v) is 6.58. The zero-order valence-electron chi connectivity index (χ0n) is 13.9. The van der Waals surface area contributed by atoms with Gasteiger partial charge in [-0.15, -0.1) is 0 Å². The Balaban J connectivity index is 3.27. The molecule has 0 spiro atoms. The molecule has 0 bridgehead atoms. The van der Waals surface area contributed by atoms with Crippen LogP contribution in [-0.2, 0) is 14.3 Å². The highest BCUT2D eigenvalue weighted by molar-refractivity contribution is 5.69. The van der Waals surface area contributed by atoms with Gasteiger partial charge >= 0.3 is 5.97 Å². The number of carboxylic acids is 1. The van der Waals surface area contributed by atoms with Crippen molar-refractivity contribution in [1.82, 2.24) is 0 Å². The molecular weight excluding hydrogens is 270 g/mol. The standard InChI is InChI=1S/C16H31NO4/c1-17(2,3)13-14-21-16(20)12-10-8-6-4-5-7-9-11-15(18)19/h4-14H2,1-3H3.